The molecule has 0 aliphatic carbocycles. The monoisotopic (exact) mass is 666 g/mol. The maximum Gasteiger partial charge on any atom is 0.225 e. The summed E-state index contributed by atoms with van der Waals surface area (Å²) in [4.78, 5) is 28.5. The predicted molar refractivity (Wildman–Crippen MR) is 175 cm³/mol. The zero-order chi connectivity index (χ0) is 32.5. The fourth-order valence-electron chi connectivity index (χ4n) is 4.91. The highest BCUT2D eigenvalue weighted by atomic mass is 32.1. The highest BCUT2D eigenvalue weighted by molar-refractivity contribution is 7.09. The summed E-state index contributed by atoms with van der Waals surface area (Å²) in [5.41, 5.74) is 8.08. The van der Waals surface area contributed by atoms with Crippen LogP contribution in [0, 0.1) is 0 Å². The molecule has 4 heterocycles. The molecule has 3 N–H and O–H groups in total. The van der Waals surface area contributed by atoms with E-state index in [0.29, 0.717) is 78.1 Å². The molecule has 15 nitrogen and oxygen atoms in total. The van der Waals surface area contributed by atoms with E-state index < -0.39 is 0 Å². The van der Waals surface area contributed by atoms with Gasteiger partial charge in [-0.3, -0.25) is 4.79 Å². The van der Waals surface area contributed by atoms with Gasteiger partial charge in [-0.15, -0.1) is 16.4 Å². The van der Waals surface area contributed by atoms with Crippen molar-refractivity contribution in [1.29, 1.82) is 0 Å². The Hall–Kier alpha value is -4.09. The lowest BCUT2D eigenvalue weighted by molar-refractivity contribution is -0.121. The Labute approximate surface area is 277 Å². The molecule has 1 amide bonds. The quantitative estimate of drug-likeness (QED) is 0.131. The van der Waals surface area contributed by atoms with Crippen LogP contribution >= 0.6 is 11.3 Å². The Kier molecular flexibility index (Phi) is 13.8. The normalized spacial score (nSPS) is 13.6. The summed E-state index contributed by atoms with van der Waals surface area (Å²) in [5, 5.41) is 17.3. The smallest absolute Gasteiger partial charge is 0.225 e. The number of aromatic nitrogens is 7. The van der Waals surface area contributed by atoms with E-state index in [4.69, 9.17) is 29.7 Å². The summed E-state index contributed by atoms with van der Waals surface area (Å²) in [7, 11) is 0. The first-order chi connectivity index (χ1) is 23.2. The van der Waals surface area contributed by atoms with E-state index in [9.17, 15) is 4.79 Å². The highest BCUT2D eigenvalue weighted by Crippen LogP contribution is 2.31. The lowest BCUT2D eigenvalue weighted by Gasteiger charge is -2.31. The molecule has 47 heavy (non-hydrogen) atoms. The molecule has 3 aromatic heterocycles. The number of benzene rings is 1. The Morgan fingerprint density at radius 2 is 1.70 bits per heavy atom. The van der Waals surface area contributed by atoms with Crippen LogP contribution in [0.25, 0.3) is 5.69 Å². The molecule has 0 saturated carbocycles. The number of nitrogens with one attached hydrogen (secondary N) is 1. The first kappa shape index (κ1) is 34.3. The van der Waals surface area contributed by atoms with Gasteiger partial charge in [-0.1, -0.05) is 0 Å². The predicted octanol–water partition coefficient (Wildman–Crippen LogP) is 1.93. The fourth-order valence-corrected chi connectivity index (χ4v) is 5.88. The van der Waals surface area contributed by atoms with Gasteiger partial charge in [-0.25, -0.2) is 19.6 Å². The summed E-state index contributed by atoms with van der Waals surface area (Å²) >= 11 is 1.69. The summed E-state index contributed by atoms with van der Waals surface area (Å²) in [6.07, 6.45) is 8.11. The van der Waals surface area contributed by atoms with Crippen LogP contribution in [0.5, 0.6) is 5.75 Å². The van der Waals surface area contributed by atoms with Gasteiger partial charge in [0.1, 0.15) is 18.7 Å². The third kappa shape index (κ3) is 11.3. The standard InChI is InChI=1S/C31H42N10O5S/c32-9-13-43-15-17-45-18-16-44-14-10-33-29(42)6-1-24-19-34-31(35-20-24)40-11-7-25(8-12-40)30-37-26(22-47-30)21-46-28-4-2-27(3-5-28)41-23-36-38-39-41/h2-5,19-20,22-23,25H,1,6-18,21,32H2,(H,33,42). The van der Waals surface area contributed by atoms with Crippen molar-refractivity contribution in [3.63, 3.8) is 0 Å². The van der Waals surface area contributed by atoms with Crippen molar-refractivity contribution in [2.45, 2.75) is 38.2 Å². The second-order valence-corrected chi connectivity index (χ2v) is 11.7. The number of rotatable bonds is 20. The molecule has 4 aromatic rings. The first-order valence-electron chi connectivity index (χ1n) is 15.8. The van der Waals surface area contributed by atoms with Crippen molar-refractivity contribution >= 4 is 23.2 Å². The largest absolute Gasteiger partial charge is 0.487 e. The SMILES string of the molecule is NCCOCCOCCOCCNC(=O)CCc1cnc(N2CCC(c3nc(COc4ccc(-n5cnnn5)cc4)cs3)CC2)nc1. The van der Waals surface area contributed by atoms with Crippen LogP contribution in [-0.2, 0) is 32.0 Å². The molecule has 0 atom stereocenters. The van der Waals surface area contributed by atoms with Crippen LogP contribution in [0.4, 0.5) is 5.95 Å². The summed E-state index contributed by atoms with van der Waals surface area (Å²) in [5.74, 6) is 1.87. The van der Waals surface area contributed by atoms with E-state index in [0.717, 1.165) is 59.6 Å². The average Bonchev–Trinajstić information content (AvgIpc) is 3.83. The molecule has 1 aliphatic heterocycles. The average molecular weight is 667 g/mol. The molecule has 1 saturated heterocycles. The Morgan fingerprint density at radius 3 is 2.40 bits per heavy atom. The number of carbonyl (C=O) groups excluding carboxylic acids is 1. The van der Waals surface area contributed by atoms with E-state index in [-0.39, 0.29) is 5.91 Å². The number of aryl methyl sites for hydroxylation is 1. The molecule has 0 radical (unpaired) electrons. The van der Waals surface area contributed by atoms with Crippen molar-refractivity contribution in [2.75, 3.05) is 70.7 Å². The van der Waals surface area contributed by atoms with Crippen LogP contribution in [0.2, 0.25) is 0 Å². The van der Waals surface area contributed by atoms with Crippen LogP contribution in [0.15, 0.2) is 48.4 Å². The maximum atomic E-state index is 12.2. The van der Waals surface area contributed by atoms with Crippen molar-refractivity contribution in [3.05, 3.63) is 64.6 Å². The van der Waals surface area contributed by atoms with E-state index >= 15 is 0 Å². The van der Waals surface area contributed by atoms with Crippen molar-refractivity contribution < 1.29 is 23.7 Å². The fraction of sp³-hybridized carbons (Fsp3) is 0.516. The highest BCUT2D eigenvalue weighted by Gasteiger charge is 2.24. The van der Waals surface area contributed by atoms with Gasteiger partial charge in [0.25, 0.3) is 0 Å². The molecular weight excluding hydrogens is 624 g/mol. The molecule has 16 heteroatoms. The van der Waals surface area contributed by atoms with E-state index in [2.05, 4.69) is 41.1 Å². The zero-order valence-electron chi connectivity index (χ0n) is 26.4. The molecule has 1 fully saturated rings. The van der Waals surface area contributed by atoms with Gasteiger partial charge in [0, 0.05) is 56.3 Å². The summed E-state index contributed by atoms with van der Waals surface area (Å²) < 4.78 is 23.6. The summed E-state index contributed by atoms with van der Waals surface area (Å²) in [6, 6.07) is 7.61. The molecule has 0 bridgehead atoms. The van der Waals surface area contributed by atoms with Gasteiger partial charge < -0.3 is 34.9 Å². The van der Waals surface area contributed by atoms with Crippen molar-refractivity contribution in [1.82, 2.24) is 40.5 Å². The minimum atomic E-state index is -0.0269. The maximum absolute atomic E-state index is 12.2. The number of amides is 1. The zero-order valence-corrected chi connectivity index (χ0v) is 27.2. The van der Waals surface area contributed by atoms with E-state index in [1.807, 2.05) is 36.7 Å². The van der Waals surface area contributed by atoms with Gasteiger partial charge in [0.2, 0.25) is 11.9 Å². The number of thiazole rings is 1. The van der Waals surface area contributed by atoms with E-state index in [1.165, 1.54) is 0 Å². The number of tetrazole rings is 1. The number of hydrogen-bond donors (Lipinski definition) is 2. The topological polar surface area (TPSA) is 178 Å². The van der Waals surface area contributed by atoms with Crippen molar-refractivity contribution in [2.24, 2.45) is 5.73 Å². The lowest BCUT2D eigenvalue weighted by atomic mass is 9.98. The second-order valence-electron chi connectivity index (χ2n) is 10.8. The first-order valence-corrected chi connectivity index (χ1v) is 16.7. The molecule has 252 valence electrons. The Balaban J connectivity index is 0.935. The number of piperidine rings is 1. The number of nitrogens with two attached hydrogens (primary N) is 1. The van der Waals surface area contributed by atoms with Crippen LogP contribution in [-0.4, -0.2) is 107 Å². The number of hydrogen-bond acceptors (Lipinski definition) is 14. The molecule has 1 aromatic carbocycles. The Bertz CT molecular complexity index is 1450. The molecule has 1 aliphatic rings. The van der Waals surface area contributed by atoms with Crippen LogP contribution in [0.3, 0.4) is 0 Å². The third-order valence-corrected chi connectivity index (χ3v) is 8.50. The third-order valence-electron chi connectivity index (χ3n) is 7.44. The number of anilines is 1. The van der Waals surface area contributed by atoms with Crippen LogP contribution < -0.4 is 20.7 Å². The summed E-state index contributed by atoms with van der Waals surface area (Å²) in [6.45, 7) is 6.08. The van der Waals surface area contributed by atoms with Crippen LogP contribution in [0.1, 0.15) is 41.4 Å². The lowest BCUT2D eigenvalue weighted by Crippen LogP contribution is -2.34. The molecule has 0 unspecified atom stereocenters. The minimum Gasteiger partial charge on any atom is -0.487 e. The van der Waals surface area contributed by atoms with Gasteiger partial charge in [0.05, 0.1) is 56.0 Å². The number of nitrogens with zero attached hydrogens (tertiary/aromatic N) is 8. The molecule has 0 spiro atoms. The van der Waals surface area contributed by atoms with Gasteiger partial charge in [-0.05, 0) is 59.5 Å². The van der Waals surface area contributed by atoms with Gasteiger partial charge >= 0.3 is 0 Å². The van der Waals surface area contributed by atoms with Gasteiger partial charge in [0.15, 0.2) is 0 Å². The number of ether oxygens (including phenoxy) is 4. The number of carbonyl (C=O) groups is 1. The second kappa shape index (κ2) is 18.9. The molecule has 5 rings (SSSR count). The van der Waals surface area contributed by atoms with Crippen molar-refractivity contribution in [3.8, 4) is 11.4 Å². The molecular formula is C31H42N10O5S. The Morgan fingerprint density at radius 1 is 0.979 bits per heavy atom. The van der Waals surface area contributed by atoms with Gasteiger partial charge in [-0.2, -0.15) is 0 Å². The van der Waals surface area contributed by atoms with E-state index in [1.54, 1.807) is 22.3 Å². The minimum absolute atomic E-state index is 0.0269.